The van der Waals surface area contributed by atoms with Gasteiger partial charge in [0.25, 0.3) is 0 Å². The maximum atomic E-state index is 8.66. The first kappa shape index (κ1) is 14.3. The molecule has 1 rings (SSSR count). The number of thioether (sulfide) groups is 1. The first-order valence-corrected chi connectivity index (χ1v) is 7.62. The molecular formula is C13H27NOS. The van der Waals surface area contributed by atoms with Crippen LogP contribution in [-0.4, -0.2) is 35.8 Å². The molecule has 1 fully saturated rings. The third-order valence-corrected chi connectivity index (χ3v) is 4.50. The fourth-order valence-corrected chi connectivity index (χ4v) is 3.55. The molecule has 1 aliphatic rings. The Morgan fingerprint density at radius 3 is 2.62 bits per heavy atom. The van der Waals surface area contributed by atoms with E-state index in [0.29, 0.717) is 18.1 Å². The topological polar surface area (TPSA) is 32.3 Å². The Hall–Kier alpha value is 0.270. The van der Waals surface area contributed by atoms with Gasteiger partial charge in [0, 0.05) is 24.9 Å². The Morgan fingerprint density at radius 1 is 1.31 bits per heavy atom. The highest BCUT2D eigenvalue weighted by Crippen LogP contribution is 2.40. The summed E-state index contributed by atoms with van der Waals surface area (Å²) in [7, 11) is 0. The quantitative estimate of drug-likeness (QED) is 0.676. The van der Waals surface area contributed by atoms with Crippen LogP contribution in [0.1, 0.15) is 40.0 Å². The van der Waals surface area contributed by atoms with Crippen molar-refractivity contribution in [1.82, 2.24) is 5.32 Å². The van der Waals surface area contributed by atoms with E-state index in [9.17, 15) is 0 Å². The minimum atomic E-state index is 0.328. The van der Waals surface area contributed by atoms with E-state index in [1.54, 1.807) is 0 Å². The van der Waals surface area contributed by atoms with Crippen LogP contribution in [0.15, 0.2) is 0 Å². The zero-order chi connectivity index (χ0) is 12.0. The molecule has 1 aliphatic carbocycles. The predicted molar refractivity (Wildman–Crippen MR) is 73.0 cm³/mol. The molecule has 2 nitrogen and oxygen atoms in total. The minimum Gasteiger partial charge on any atom is -0.396 e. The second-order valence-corrected chi connectivity index (χ2v) is 7.02. The predicted octanol–water partition coefficient (Wildman–Crippen LogP) is 2.52. The molecule has 1 saturated carbocycles. The average molecular weight is 245 g/mol. The molecule has 2 N–H and O–H groups in total. The summed E-state index contributed by atoms with van der Waals surface area (Å²) in [5.41, 5.74) is 0.529. The van der Waals surface area contributed by atoms with E-state index in [-0.39, 0.29) is 0 Å². The fraction of sp³-hybridized carbons (Fsp3) is 1.00. The Labute approximate surface area is 105 Å². The van der Waals surface area contributed by atoms with Gasteiger partial charge >= 0.3 is 0 Å². The van der Waals surface area contributed by atoms with Crippen molar-refractivity contribution >= 4 is 11.8 Å². The van der Waals surface area contributed by atoms with E-state index in [1.165, 1.54) is 18.6 Å². The molecule has 0 aliphatic heterocycles. The number of hydrogen-bond donors (Lipinski definition) is 2. The Kier molecular flexibility index (Phi) is 6.16. The third kappa shape index (κ3) is 5.07. The summed E-state index contributed by atoms with van der Waals surface area (Å²) in [4.78, 5) is 0. The van der Waals surface area contributed by atoms with Gasteiger partial charge in [0.05, 0.1) is 0 Å². The zero-order valence-electron chi connectivity index (χ0n) is 11.0. The van der Waals surface area contributed by atoms with Gasteiger partial charge in [-0.05, 0) is 36.3 Å². The SMILES string of the molecule is CC1CC(C)(C)CC1NCCSCCCO. The summed E-state index contributed by atoms with van der Waals surface area (Å²) in [6.45, 7) is 8.56. The number of nitrogens with one attached hydrogen (secondary N) is 1. The molecule has 0 aromatic carbocycles. The van der Waals surface area contributed by atoms with E-state index in [4.69, 9.17) is 5.11 Å². The van der Waals surface area contributed by atoms with Crippen molar-refractivity contribution in [2.75, 3.05) is 24.7 Å². The summed E-state index contributed by atoms with van der Waals surface area (Å²) in [6, 6.07) is 0.716. The highest BCUT2D eigenvalue weighted by atomic mass is 32.2. The van der Waals surface area contributed by atoms with Gasteiger partial charge in [-0.15, -0.1) is 0 Å². The van der Waals surface area contributed by atoms with Crippen LogP contribution < -0.4 is 5.32 Å². The van der Waals surface area contributed by atoms with Crippen LogP contribution in [0.5, 0.6) is 0 Å². The maximum Gasteiger partial charge on any atom is 0.0438 e. The Bertz CT molecular complexity index is 196. The van der Waals surface area contributed by atoms with Crippen molar-refractivity contribution in [3.8, 4) is 0 Å². The van der Waals surface area contributed by atoms with E-state index in [0.717, 1.165) is 24.6 Å². The van der Waals surface area contributed by atoms with Gasteiger partial charge in [-0.1, -0.05) is 20.8 Å². The second kappa shape index (κ2) is 6.87. The zero-order valence-corrected chi connectivity index (χ0v) is 11.8. The molecule has 2 atom stereocenters. The standard InChI is InChI=1S/C13H27NOS/c1-11-9-13(2,3)10-12(11)14-5-8-16-7-4-6-15/h11-12,14-15H,4-10H2,1-3H3. The lowest BCUT2D eigenvalue weighted by Gasteiger charge is -2.18. The summed E-state index contributed by atoms with van der Waals surface area (Å²) in [6.07, 6.45) is 3.59. The number of aliphatic hydroxyl groups excluding tert-OH is 1. The highest BCUT2D eigenvalue weighted by molar-refractivity contribution is 7.99. The number of aliphatic hydroxyl groups is 1. The number of hydrogen-bond acceptors (Lipinski definition) is 3. The van der Waals surface area contributed by atoms with Gasteiger partial charge in [-0.25, -0.2) is 0 Å². The summed E-state index contributed by atoms with van der Waals surface area (Å²) in [5.74, 6) is 3.07. The fourth-order valence-electron chi connectivity index (χ4n) is 2.75. The lowest BCUT2D eigenvalue weighted by molar-refractivity contribution is 0.296. The van der Waals surface area contributed by atoms with E-state index >= 15 is 0 Å². The van der Waals surface area contributed by atoms with Gasteiger partial charge in [0.2, 0.25) is 0 Å². The molecule has 0 spiro atoms. The molecule has 0 aromatic heterocycles. The van der Waals surface area contributed by atoms with Crippen LogP contribution >= 0.6 is 11.8 Å². The Morgan fingerprint density at radius 2 is 2.06 bits per heavy atom. The monoisotopic (exact) mass is 245 g/mol. The third-order valence-electron chi connectivity index (χ3n) is 3.43. The van der Waals surface area contributed by atoms with Gasteiger partial charge < -0.3 is 10.4 Å². The molecule has 2 unspecified atom stereocenters. The summed E-state index contributed by atoms with van der Waals surface area (Å²) >= 11 is 1.94. The molecule has 0 radical (unpaired) electrons. The summed E-state index contributed by atoms with van der Waals surface area (Å²) in [5, 5.41) is 12.3. The maximum absolute atomic E-state index is 8.66. The highest BCUT2D eigenvalue weighted by Gasteiger charge is 2.35. The molecule has 0 aromatic rings. The van der Waals surface area contributed by atoms with Gasteiger partial charge in [-0.3, -0.25) is 0 Å². The molecule has 96 valence electrons. The first-order chi connectivity index (χ1) is 7.55. The summed E-state index contributed by atoms with van der Waals surface area (Å²) < 4.78 is 0. The molecule has 3 heteroatoms. The molecule has 16 heavy (non-hydrogen) atoms. The van der Waals surface area contributed by atoms with Crippen LogP contribution in [0.25, 0.3) is 0 Å². The van der Waals surface area contributed by atoms with Crippen LogP contribution in [0.3, 0.4) is 0 Å². The molecule has 0 amide bonds. The lowest BCUT2D eigenvalue weighted by atomic mass is 9.91. The van der Waals surface area contributed by atoms with Crippen molar-refractivity contribution < 1.29 is 5.11 Å². The smallest absolute Gasteiger partial charge is 0.0438 e. The van der Waals surface area contributed by atoms with E-state index in [2.05, 4.69) is 26.1 Å². The molecular weight excluding hydrogens is 218 g/mol. The van der Waals surface area contributed by atoms with Crippen molar-refractivity contribution in [3.05, 3.63) is 0 Å². The van der Waals surface area contributed by atoms with Crippen LogP contribution in [0, 0.1) is 11.3 Å². The van der Waals surface area contributed by atoms with Crippen LogP contribution in [-0.2, 0) is 0 Å². The normalized spacial score (nSPS) is 28.5. The van der Waals surface area contributed by atoms with Gasteiger partial charge in [-0.2, -0.15) is 11.8 Å². The van der Waals surface area contributed by atoms with Crippen LogP contribution in [0.4, 0.5) is 0 Å². The minimum absolute atomic E-state index is 0.328. The first-order valence-electron chi connectivity index (χ1n) is 6.47. The Balaban J connectivity index is 2.05. The van der Waals surface area contributed by atoms with E-state index < -0.39 is 0 Å². The lowest BCUT2D eigenvalue weighted by Crippen LogP contribution is -2.33. The average Bonchev–Trinajstić information content (AvgIpc) is 2.45. The number of rotatable bonds is 7. The van der Waals surface area contributed by atoms with E-state index in [1.807, 2.05) is 11.8 Å². The van der Waals surface area contributed by atoms with Crippen molar-refractivity contribution in [3.63, 3.8) is 0 Å². The van der Waals surface area contributed by atoms with Crippen molar-refractivity contribution in [2.45, 2.75) is 46.1 Å². The largest absolute Gasteiger partial charge is 0.396 e. The van der Waals surface area contributed by atoms with Crippen molar-refractivity contribution in [1.29, 1.82) is 0 Å². The molecule has 0 bridgehead atoms. The van der Waals surface area contributed by atoms with Gasteiger partial charge in [0.15, 0.2) is 0 Å². The van der Waals surface area contributed by atoms with Crippen LogP contribution in [0.2, 0.25) is 0 Å². The molecule has 0 heterocycles. The molecule has 0 saturated heterocycles. The second-order valence-electron chi connectivity index (χ2n) is 5.80. The van der Waals surface area contributed by atoms with Crippen molar-refractivity contribution in [2.24, 2.45) is 11.3 Å². The van der Waals surface area contributed by atoms with Gasteiger partial charge in [0.1, 0.15) is 0 Å².